The van der Waals surface area contributed by atoms with E-state index in [-0.39, 0.29) is 11.5 Å². The number of halogens is 1. The van der Waals surface area contributed by atoms with Crippen molar-refractivity contribution in [3.8, 4) is 0 Å². The molecule has 6 heteroatoms. The van der Waals surface area contributed by atoms with E-state index in [0.29, 0.717) is 22.3 Å². The molecule has 2 heterocycles. The Kier molecular flexibility index (Phi) is 3.53. The molecular weight excluding hydrogens is 334 g/mol. The molecule has 5 nitrogen and oxygen atoms in total. The van der Waals surface area contributed by atoms with Crippen LogP contribution in [0.5, 0.6) is 0 Å². The van der Waals surface area contributed by atoms with Crippen LogP contribution in [0.15, 0.2) is 57.9 Å². The first-order chi connectivity index (χ1) is 10.1. The summed E-state index contributed by atoms with van der Waals surface area (Å²) in [6, 6.07) is 11.9. The molecule has 0 aliphatic heterocycles. The maximum absolute atomic E-state index is 12.4. The number of hydrogen-bond acceptors (Lipinski definition) is 3. The summed E-state index contributed by atoms with van der Waals surface area (Å²) < 4.78 is 0.809. The van der Waals surface area contributed by atoms with E-state index >= 15 is 0 Å². The summed E-state index contributed by atoms with van der Waals surface area (Å²) >= 11 is 3.31. The van der Waals surface area contributed by atoms with Crippen molar-refractivity contribution in [3.63, 3.8) is 0 Å². The highest BCUT2D eigenvalue weighted by atomic mass is 79.9. The molecule has 0 fully saturated rings. The van der Waals surface area contributed by atoms with E-state index in [1.54, 1.807) is 36.5 Å². The molecule has 104 valence electrons. The van der Waals surface area contributed by atoms with Gasteiger partial charge in [-0.05, 0) is 18.2 Å². The van der Waals surface area contributed by atoms with Crippen LogP contribution < -0.4 is 10.9 Å². The number of rotatable bonds is 2. The molecule has 21 heavy (non-hydrogen) atoms. The number of aromatic amines is 1. The van der Waals surface area contributed by atoms with Gasteiger partial charge in [-0.3, -0.25) is 9.59 Å². The van der Waals surface area contributed by atoms with Crippen LogP contribution in [0.2, 0.25) is 0 Å². The number of H-pyrrole nitrogens is 1. The number of hydrogen-bond donors (Lipinski definition) is 2. The van der Waals surface area contributed by atoms with E-state index in [1.165, 1.54) is 6.07 Å². The first-order valence-electron chi connectivity index (χ1n) is 6.18. The summed E-state index contributed by atoms with van der Waals surface area (Å²) in [6.07, 6.45) is 1.58. The van der Waals surface area contributed by atoms with Gasteiger partial charge in [0.25, 0.3) is 5.91 Å². The third-order valence-electron chi connectivity index (χ3n) is 2.96. The van der Waals surface area contributed by atoms with Crippen LogP contribution in [0.4, 0.5) is 5.82 Å². The fourth-order valence-electron chi connectivity index (χ4n) is 2.05. The molecule has 0 saturated carbocycles. The number of fused-ring (bicyclic) bond motifs is 1. The van der Waals surface area contributed by atoms with Crippen molar-refractivity contribution in [2.24, 2.45) is 0 Å². The van der Waals surface area contributed by atoms with Crippen molar-refractivity contribution >= 4 is 38.6 Å². The summed E-state index contributed by atoms with van der Waals surface area (Å²) in [5.74, 6) is 0.0432. The second-order valence-electron chi connectivity index (χ2n) is 4.41. The number of nitrogens with zero attached hydrogens (tertiary/aromatic N) is 1. The lowest BCUT2D eigenvalue weighted by Crippen LogP contribution is -2.17. The van der Waals surface area contributed by atoms with Gasteiger partial charge in [0, 0.05) is 27.6 Å². The Morgan fingerprint density at radius 3 is 2.81 bits per heavy atom. The fraction of sp³-hybridized carbons (Fsp3) is 0. The molecule has 2 N–H and O–H groups in total. The SMILES string of the molecule is O=C(Nc1cc(Br)ccn1)c1cc(=O)[nH]c2ccccc12. The summed E-state index contributed by atoms with van der Waals surface area (Å²) in [5, 5.41) is 3.37. The quantitative estimate of drug-likeness (QED) is 0.751. The standard InChI is InChI=1S/C15H10BrN3O2/c16-9-5-6-17-13(7-9)19-15(21)11-8-14(20)18-12-4-2-1-3-10(11)12/h1-8H,(H,18,20)(H,17,19,21). The molecule has 1 aromatic carbocycles. The van der Waals surface area contributed by atoms with Gasteiger partial charge in [-0.1, -0.05) is 34.1 Å². The van der Waals surface area contributed by atoms with Crippen molar-refractivity contribution in [1.29, 1.82) is 0 Å². The molecule has 1 amide bonds. The zero-order valence-electron chi connectivity index (χ0n) is 10.8. The average Bonchev–Trinajstić information content (AvgIpc) is 2.46. The van der Waals surface area contributed by atoms with Crippen molar-refractivity contribution in [1.82, 2.24) is 9.97 Å². The first kappa shape index (κ1) is 13.5. The van der Waals surface area contributed by atoms with Crippen LogP contribution >= 0.6 is 15.9 Å². The minimum absolute atomic E-state index is 0.316. The maximum Gasteiger partial charge on any atom is 0.257 e. The average molecular weight is 344 g/mol. The van der Waals surface area contributed by atoms with Crippen molar-refractivity contribution in [2.45, 2.75) is 0 Å². The van der Waals surface area contributed by atoms with Gasteiger partial charge >= 0.3 is 0 Å². The molecule has 0 aliphatic carbocycles. The predicted octanol–water partition coefficient (Wildman–Crippen LogP) is 2.94. The van der Waals surface area contributed by atoms with Gasteiger partial charge in [-0.15, -0.1) is 0 Å². The minimum Gasteiger partial charge on any atom is -0.322 e. The zero-order chi connectivity index (χ0) is 14.8. The van der Waals surface area contributed by atoms with E-state index in [1.807, 2.05) is 6.07 Å². The fourth-order valence-corrected chi connectivity index (χ4v) is 2.38. The summed E-state index contributed by atoms with van der Waals surface area (Å²) in [7, 11) is 0. The summed E-state index contributed by atoms with van der Waals surface area (Å²) in [4.78, 5) is 30.8. The largest absolute Gasteiger partial charge is 0.322 e. The van der Waals surface area contributed by atoms with Gasteiger partial charge in [0.05, 0.1) is 5.56 Å². The normalized spacial score (nSPS) is 10.5. The van der Waals surface area contributed by atoms with Crippen LogP contribution in [-0.2, 0) is 0 Å². The first-order valence-corrected chi connectivity index (χ1v) is 6.98. The lowest BCUT2D eigenvalue weighted by atomic mass is 10.1. The number of carbonyl (C=O) groups is 1. The van der Waals surface area contributed by atoms with Gasteiger partial charge in [-0.2, -0.15) is 0 Å². The van der Waals surface area contributed by atoms with Gasteiger partial charge < -0.3 is 10.3 Å². The lowest BCUT2D eigenvalue weighted by molar-refractivity contribution is 0.102. The van der Waals surface area contributed by atoms with Crippen LogP contribution in [0.3, 0.4) is 0 Å². The third kappa shape index (κ3) is 2.85. The summed E-state index contributed by atoms with van der Waals surface area (Å²) in [6.45, 7) is 0. The third-order valence-corrected chi connectivity index (χ3v) is 3.45. The van der Waals surface area contributed by atoms with Crippen molar-refractivity contribution < 1.29 is 4.79 Å². The van der Waals surface area contributed by atoms with E-state index in [4.69, 9.17) is 0 Å². The second kappa shape index (κ2) is 5.49. The van der Waals surface area contributed by atoms with Gasteiger partial charge in [0.2, 0.25) is 5.56 Å². The van der Waals surface area contributed by atoms with Crippen LogP contribution in [-0.4, -0.2) is 15.9 Å². The number of carbonyl (C=O) groups excluding carboxylic acids is 1. The Labute approximate surface area is 128 Å². The Morgan fingerprint density at radius 2 is 2.00 bits per heavy atom. The number of anilines is 1. The topological polar surface area (TPSA) is 74.8 Å². The maximum atomic E-state index is 12.4. The summed E-state index contributed by atoms with van der Waals surface area (Å²) in [5.41, 5.74) is 0.620. The molecule has 0 radical (unpaired) electrons. The van der Waals surface area contributed by atoms with Crippen LogP contribution in [0, 0.1) is 0 Å². The Morgan fingerprint density at radius 1 is 1.19 bits per heavy atom. The molecule has 0 atom stereocenters. The molecule has 0 unspecified atom stereocenters. The number of para-hydroxylation sites is 1. The minimum atomic E-state index is -0.372. The molecule has 3 aromatic rings. The Hall–Kier alpha value is -2.47. The molecule has 0 aliphatic rings. The van der Waals surface area contributed by atoms with Gasteiger partial charge in [0.1, 0.15) is 5.82 Å². The van der Waals surface area contributed by atoms with E-state index in [9.17, 15) is 9.59 Å². The van der Waals surface area contributed by atoms with E-state index in [0.717, 1.165) is 4.47 Å². The highest BCUT2D eigenvalue weighted by molar-refractivity contribution is 9.10. The van der Waals surface area contributed by atoms with Gasteiger partial charge in [-0.25, -0.2) is 4.98 Å². The molecule has 2 aromatic heterocycles. The predicted molar refractivity (Wildman–Crippen MR) is 84.5 cm³/mol. The Bertz CT molecular complexity index is 889. The molecule has 3 rings (SSSR count). The second-order valence-corrected chi connectivity index (χ2v) is 5.32. The zero-order valence-corrected chi connectivity index (χ0v) is 12.3. The molecular formula is C15H10BrN3O2. The lowest BCUT2D eigenvalue weighted by Gasteiger charge is -2.07. The number of aromatic nitrogens is 2. The number of benzene rings is 1. The monoisotopic (exact) mass is 343 g/mol. The smallest absolute Gasteiger partial charge is 0.257 e. The highest BCUT2D eigenvalue weighted by Gasteiger charge is 2.12. The molecule has 0 saturated heterocycles. The van der Waals surface area contributed by atoms with Crippen LogP contribution in [0.25, 0.3) is 10.9 Å². The van der Waals surface area contributed by atoms with Crippen molar-refractivity contribution in [2.75, 3.05) is 5.32 Å². The van der Waals surface area contributed by atoms with Crippen molar-refractivity contribution in [3.05, 3.63) is 69.1 Å². The number of amides is 1. The number of pyridine rings is 2. The Balaban J connectivity index is 2.04. The van der Waals surface area contributed by atoms with Crippen LogP contribution in [0.1, 0.15) is 10.4 Å². The molecule has 0 spiro atoms. The highest BCUT2D eigenvalue weighted by Crippen LogP contribution is 2.17. The number of nitrogens with one attached hydrogen (secondary N) is 2. The van der Waals surface area contributed by atoms with Gasteiger partial charge in [0.15, 0.2) is 0 Å². The van der Waals surface area contributed by atoms with E-state index in [2.05, 4.69) is 31.2 Å². The van der Waals surface area contributed by atoms with E-state index < -0.39 is 0 Å². The molecule has 0 bridgehead atoms.